The van der Waals surface area contributed by atoms with Crippen molar-refractivity contribution in [2.45, 2.75) is 26.4 Å². The predicted molar refractivity (Wildman–Crippen MR) is 68.3 cm³/mol. The standard InChI is InChI=1S/C15H17FO/c1-10(2)15(3,17)13-8-9-14(16)12-7-5-4-6-11(12)13/h4-10,17H,1-3H3/t15-/m1/s1. The summed E-state index contributed by atoms with van der Waals surface area (Å²) in [5, 5.41) is 11.9. The van der Waals surface area contributed by atoms with E-state index in [9.17, 15) is 9.50 Å². The van der Waals surface area contributed by atoms with Gasteiger partial charge in [0.15, 0.2) is 0 Å². The Hall–Kier alpha value is -1.41. The lowest BCUT2D eigenvalue weighted by Crippen LogP contribution is -2.28. The number of fused-ring (bicyclic) bond motifs is 1. The van der Waals surface area contributed by atoms with Crippen LogP contribution in [0.2, 0.25) is 0 Å². The van der Waals surface area contributed by atoms with Gasteiger partial charge in [-0.25, -0.2) is 4.39 Å². The van der Waals surface area contributed by atoms with E-state index in [-0.39, 0.29) is 11.7 Å². The minimum Gasteiger partial charge on any atom is -0.385 e. The van der Waals surface area contributed by atoms with Crippen molar-refractivity contribution in [3.8, 4) is 0 Å². The predicted octanol–water partition coefficient (Wildman–Crippen LogP) is 3.84. The molecule has 0 aliphatic heterocycles. The maximum absolute atomic E-state index is 13.7. The molecular formula is C15H17FO. The largest absolute Gasteiger partial charge is 0.385 e. The van der Waals surface area contributed by atoms with Crippen LogP contribution in [0.4, 0.5) is 4.39 Å². The molecule has 0 aromatic heterocycles. The van der Waals surface area contributed by atoms with Crippen LogP contribution in [0.25, 0.3) is 10.8 Å². The molecule has 0 fully saturated rings. The summed E-state index contributed by atoms with van der Waals surface area (Å²) >= 11 is 0. The van der Waals surface area contributed by atoms with Crippen LogP contribution in [0, 0.1) is 11.7 Å². The molecule has 1 nitrogen and oxygen atoms in total. The molecule has 0 spiro atoms. The molecule has 2 heteroatoms. The van der Waals surface area contributed by atoms with Crippen molar-refractivity contribution in [2.24, 2.45) is 5.92 Å². The Kier molecular flexibility index (Phi) is 2.92. The molecule has 2 aromatic rings. The molecule has 1 N–H and O–H groups in total. The van der Waals surface area contributed by atoms with Gasteiger partial charge in [0.05, 0.1) is 5.60 Å². The molecule has 0 radical (unpaired) electrons. The molecule has 17 heavy (non-hydrogen) atoms. The molecular weight excluding hydrogens is 215 g/mol. The number of benzene rings is 2. The molecule has 1 atom stereocenters. The van der Waals surface area contributed by atoms with Crippen LogP contribution in [-0.4, -0.2) is 5.11 Å². The molecule has 0 bridgehead atoms. The van der Waals surface area contributed by atoms with Gasteiger partial charge in [0.2, 0.25) is 0 Å². The van der Waals surface area contributed by atoms with Crippen molar-refractivity contribution in [2.75, 3.05) is 0 Å². The summed E-state index contributed by atoms with van der Waals surface area (Å²) < 4.78 is 13.7. The second-order valence-corrected chi connectivity index (χ2v) is 4.94. The Morgan fingerprint density at radius 3 is 2.24 bits per heavy atom. The molecule has 0 aliphatic carbocycles. The second-order valence-electron chi connectivity index (χ2n) is 4.94. The summed E-state index contributed by atoms with van der Waals surface area (Å²) in [5.41, 5.74) is -0.169. The maximum Gasteiger partial charge on any atom is 0.131 e. The van der Waals surface area contributed by atoms with E-state index >= 15 is 0 Å². The molecule has 2 rings (SSSR count). The molecule has 0 heterocycles. The van der Waals surface area contributed by atoms with Gasteiger partial charge in [-0.15, -0.1) is 0 Å². The summed E-state index contributed by atoms with van der Waals surface area (Å²) in [6.45, 7) is 5.69. The van der Waals surface area contributed by atoms with Crippen LogP contribution < -0.4 is 0 Å². The van der Waals surface area contributed by atoms with Crippen LogP contribution >= 0.6 is 0 Å². The highest BCUT2D eigenvalue weighted by Crippen LogP contribution is 2.34. The zero-order chi connectivity index (χ0) is 12.6. The molecule has 0 unspecified atom stereocenters. The van der Waals surface area contributed by atoms with Gasteiger partial charge in [0, 0.05) is 5.39 Å². The summed E-state index contributed by atoms with van der Waals surface area (Å²) in [4.78, 5) is 0. The minimum absolute atomic E-state index is 0.0661. The third-order valence-electron chi connectivity index (χ3n) is 3.54. The van der Waals surface area contributed by atoms with Crippen LogP contribution in [0.15, 0.2) is 36.4 Å². The van der Waals surface area contributed by atoms with Crippen molar-refractivity contribution in [1.29, 1.82) is 0 Å². The van der Waals surface area contributed by atoms with Gasteiger partial charge < -0.3 is 5.11 Å². The SMILES string of the molecule is CC(C)[C@@](C)(O)c1ccc(F)c2ccccc12. The Morgan fingerprint density at radius 1 is 1.06 bits per heavy atom. The average Bonchev–Trinajstić information content (AvgIpc) is 2.29. The topological polar surface area (TPSA) is 20.2 Å². The minimum atomic E-state index is -0.951. The average molecular weight is 232 g/mol. The quantitative estimate of drug-likeness (QED) is 0.834. The molecule has 0 saturated carbocycles. The van der Waals surface area contributed by atoms with Crippen LogP contribution in [0.3, 0.4) is 0 Å². The lowest BCUT2D eigenvalue weighted by atomic mass is 9.82. The molecule has 0 saturated heterocycles. The fourth-order valence-electron chi connectivity index (χ4n) is 2.01. The summed E-state index contributed by atoms with van der Waals surface area (Å²) in [7, 11) is 0. The number of hydrogen-bond acceptors (Lipinski definition) is 1. The van der Waals surface area contributed by atoms with Gasteiger partial charge in [0.25, 0.3) is 0 Å². The van der Waals surface area contributed by atoms with Gasteiger partial charge in [-0.2, -0.15) is 0 Å². The summed E-state index contributed by atoms with van der Waals surface area (Å²) in [6, 6.07) is 10.4. The van der Waals surface area contributed by atoms with Crippen molar-refractivity contribution in [3.05, 3.63) is 47.8 Å². The maximum atomic E-state index is 13.7. The van der Waals surface area contributed by atoms with E-state index in [1.807, 2.05) is 26.0 Å². The van der Waals surface area contributed by atoms with Gasteiger partial charge in [0.1, 0.15) is 5.82 Å². The second kappa shape index (κ2) is 4.11. The van der Waals surface area contributed by atoms with Crippen LogP contribution in [0.1, 0.15) is 26.3 Å². The van der Waals surface area contributed by atoms with Crippen molar-refractivity contribution in [3.63, 3.8) is 0 Å². The highest BCUT2D eigenvalue weighted by molar-refractivity contribution is 5.87. The zero-order valence-corrected chi connectivity index (χ0v) is 10.4. The van der Waals surface area contributed by atoms with Crippen LogP contribution in [-0.2, 0) is 5.60 Å². The first-order chi connectivity index (χ1) is 7.94. The first-order valence-electron chi connectivity index (χ1n) is 5.84. The van der Waals surface area contributed by atoms with Gasteiger partial charge >= 0.3 is 0 Å². The lowest BCUT2D eigenvalue weighted by molar-refractivity contribution is 0.0105. The van der Waals surface area contributed by atoms with Gasteiger partial charge in [-0.05, 0) is 29.9 Å². The highest BCUT2D eigenvalue weighted by atomic mass is 19.1. The Labute approximate surface area is 101 Å². The third-order valence-corrected chi connectivity index (χ3v) is 3.54. The fraction of sp³-hybridized carbons (Fsp3) is 0.333. The van der Waals surface area contributed by atoms with E-state index < -0.39 is 5.60 Å². The van der Waals surface area contributed by atoms with Gasteiger partial charge in [-0.1, -0.05) is 44.2 Å². The van der Waals surface area contributed by atoms with E-state index in [0.717, 1.165) is 10.9 Å². The highest BCUT2D eigenvalue weighted by Gasteiger charge is 2.29. The smallest absolute Gasteiger partial charge is 0.131 e. The Bertz CT molecular complexity index is 544. The Balaban J connectivity index is 2.76. The van der Waals surface area contributed by atoms with E-state index in [4.69, 9.17) is 0 Å². The number of aliphatic hydroxyl groups is 1. The zero-order valence-electron chi connectivity index (χ0n) is 10.4. The van der Waals surface area contributed by atoms with E-state index in [2.05, 4.69) is 0 Å². The third kappa shape index (κ3) is 1.93. The first-order valence-corrected chi connectivity index (χ1v) is 5.84. The molecule has 90 valence electrons. The monoisotopic (exact) mass is 232 g/mol. The van der Waals surface area contributed by atoms with E-state index in [1.54, 1.807) is 25.1 Å². The first kappa shape index (κ1) is 12.1. The molecule has 0 aliphatic rings. The summed E-state index contributed by atoms with van der Waals surface area (Å²) in [5.74, 6) is -0.180. The van der Waals surface area contributed by atoms with Crippen LogP contribution in [0.5, 0.6) is 0 Å². The summed E-state index contributed by atoms with van der Waals surface area (Å²) in [6.07, 6.45) is 0. The van der Waals surface area contributed by atoms with E-state index in [0.29, 0.717) is 5.39 Å². The lowest BCUT2D eigenvalue weighted by Gasteiger charge is -2.29. The normalized spacial score (nSPS) is 15.2. The van der Waals surface area contributed by atoms with E-state index in [1.165, 1.54) is 6.07 Å². The number of halogens is 1. The van der Waals surface area contributed by atoms with Gasteiger partial charge in [-0.3, -0.25) is 0 Å². The van der Waals surface area contributed by atoms with Crippen molar-refractivity contribution in [1.82, 2.24) is 0 Å². The van der Waals surface area contributed by atoms with Crippen molar-refractivity contribution < 1.29 is 9.50 Å². The fourth-order valence-corrected chi connectivity index (χ4v) is 2.01. The number of hydrogen-bond donors (Lipinski definition) is 1. The molecule has 2 aromatic carbocycles. The Morgan fingerprint density at radius 2 is 1.65 bits per heavy atom. The molecule has 0 amide bonds. The number of rotatable bonds is 2. The van der Waals surface area contributed by atoms with Crippen molar-refractivity contribution >= 4 is 10.8 Å².